The molecule has 0 saturated heterocycles. The van der Waals surface area contributed by atoms with Crippen LogP contribution < -0.4 is 4.72 Å². The van der Waals surface area contributed by atoms with Crippen molar-refractivity contribution in [3.63, 3.8) is 0 Å². The van der Waals surface area contributed by atoms with E-state index in [2.05, 4.69) is 25.8 Å². The van der Waals surface area contributed by atoms with Crippen LogP contribution in [-0.2, 0) is 21.3 Å². The van der Waals surface area contributed by atoms with Crippen LogP contribution in [-0.4, -0.2) is 31.9 Å². The fourth-order valence-electron chi connectivity index (χ4n) is 1.76. The van der Waals surface area contributed by atoms with Crippen molar-refractivity contribution in [1.29, 1.82) is 0 Å². The molecule has 1 N–H and O–H groups in total. The van der Waals surface area contributed by atoms with Crippen LogP contribution in [0.4, 0.5) is 5.69 Å². The van der Waals surface area contributed by atoms with Crippen LogP contribution in [0.25, 0.3) is 0 Å². The van der Waals surface area contributed by atoms with E-state index in [4.69, 9.17) is 4.74 Å². The highest BCUT2D eigenvalue weighted by Gasteiger charge is 2.18. The van der Waals surface area contributed by atoms with E-state index in [0.29, 0.717) is 23.3 Å². The molecular weight excluding hydrogens is 358 g/mol. The number of benzene rings is 1. The van der Waals surface area contributed by atoms with Crippen molar-refractivity contribution in [1.82, 2.24) is 9.78 Å². The van der Waals surface area contributed by atoms with Gasteiger partial charge in [-0.05, 0) is 40.5 Å². The van der Waals surface area contributed by atoms with Crippen LogP contribution in [0.15, 0.2) is 40.0 Å². The summed E-state index contributed by atoms with van der Waals surface area (Å²) in [7, 11) is -2.05. The fourth-order valence-corrected chi connectivity index (χ4v) is 3.98. The second kappa shape index (κ2) is 6.59. The highest BCUT2D eigenvalue weighted by atomic mass is 79.9. The van der Waals surface area contributed by atoms with E-state index in [1.54, 1.807) is 36.2 Å². The molecule has 6 nitrogen and oxygen atoms in total. The molecule has 0 radical (unpaired) electrons. The van der Waals surface area contributed by atoms with Gasteiger partial charge in [0.25, 0.3) is 10.0 Å². The van der Waals surface area contributed by atoms with E-state index in [9.17, 15) is 8.42 Å². The first-order chi connectivity index (χ1) is 9.92. The second-order valence-corrected chi connectivity index (χ2v) is 7.03. The lowest BCUT2D eigenvalue weighted by atomic mass is 10.2. The third kappa shape index (κ3) is 4.05. The van der Waals surface area contributed by atoms with E-state index in [-0.39, 0.29) is 4.90 Å². The molecule has 1 aromatic carbocycles. The summed E-state index contributed by atoms with van der Waals surface area (Å²) in [6.45, 7) is 2.97. The van der Waals surface area contributed by atoms with Gasteiger partial charge in [0.1, 0.15) is 4.90 Å². The highest BCUT2D eigenvalue weighted by Crippen LogP contribution is 2.25. The first-order valence-corrected chi connectivity index (χ1v) is 8.50. The van der Waals surface area contributed by atoms with Crippen molar-refractivity contribution in [3.05, 3.63) is 40.6 Å². The molecule has 1 aromatic heterocycles. The number of aryl methyl sites for hydroxylation is 1. The Kier molecular flexibility index (Phi) is 5.02. The summed E-state index contributed by atoms with van der Waals surface area (Å²) in [5.74, 6) is 0. The molecular formula is C13H16BrN3O3S. The maximum absolute atomic E-state index is 12.4. The van der Waals surface area contributed by atoms with Gasteiger partial charge in [0.15, 0.2) is 0 Å². The van der Waals surface area contributed by atoms with Crippen LogP contribution in [0, 0.1) is 6.92 Å². The summed E-state index contributed by atoms with van der Waals surface area (Å²) in [6.07, 6.45) is 3.09. The van der Waals surface area contributed by atoms with Crippen LogP contribution in [0.1, 0.15) is 5.56 Å². The average molecular weight is 374 g/mol. The number of methoxy groups -OCH3 is 1. The number of ether oxygens (including phenoxy) is 1. The Bertz CT molecular complexity index is 728. The summed E-state index contributed by atoms with van der Waals surface area (Å²) in [4.78, 5) is 0.192. The molecule has 0 spiro atoms. The number of halogens is 1. The molecule has 0 saturated carbocycles. The zero-order valence-electron chi connectivity index (χ0n) is 11.7. The monoisotopic (exact) mass is 373 g/mol. The lowest BCUT2D eigenvalue weighted by molar-refractivity contribution is 0.183. The Labute approximate surface area is 132 Å². The third-order valence-electron chi connectivity index (χ3n) is 2.79. The predicted molar refractivity (Wildman–Crippen MR) is 83.8 cm³/mol. The lowest BCUT2D eigenvalue weighted by Crippen LogP contribution is -2.13. The van der Waals surface area contributed by atoms with Crippen LogP contribution in [0.3, 0.4) is 0 Å². The molecule has 0 aliphatic heterocycles. The van der Waals surface area contributed by atoms with Gasteiger partial charge in [-0.1, -0.05) is 6.07 Å². The van der Waals surface area contributed by atoms with Crippen LogP contribution in [0.5, 0.6) is 0 Å². The maximum Gasteiger partial charge on any atom is 0.263 e. The van der Waals surface area contributed by atoms with Gasteiger partial charge in [0.05, 0.1) is 25.0 Å². The summed E-state index contributed by atoms with van der Waals surface area (Å²) < 4.78 is 34.3. The number of nitrogens with one attached hydrogen (secondary N) is 1. The highest BCUT2D eigenvalue weighted by molar-refractivity contribution is 9.10. The molecule has 8 heteroatoms. The van der Waals surface area contributed by atoms with E-state index in [1.807, 2.05) is 6.92 Å². The Morgan fingerprint density at radius 1 is 1.43 bits per heavy atom. The summed E-state index contributed by atoms with van der Waals surface area (Å²) in [5, 5.41) is 4.07. The molecule has 0 atom stereocenters. The van der Waals surface area contributed by atoms with Crippen LogP contribution >= 0.6 is 15.9 Å². The minimum absolute atomic E-state index is 0.192. The molecule has 0 amide bonds. The number of hydrogen-bond donors (Lipinski definition) is 1. The van der Waals surface area contributed by atoms with Crippen molar-refractivity contribution in [3.8, 4) is 0 Å². The molecule has 0 aliphatic rings. The van der Waals surface area contributed by atoms with E-state index >= 15 is 0 Å². The molecule has 1 heterocycles. The first-order valence-electron chi connectivity index (χ1n) is 6.23. The zero-order chi connectivity index (χ0) is 15.5. The number of sulfonamides is 1. The lowest BCUT2D eigenvalue weighted by Gasteiger charge is -2.08. The maximum atomic E-state index is 12.4. The largest absolute Gasteiger partial charge is 0.383 e. The van der Waals surface area contributed by atoms with Gasteiger partial charge in [-0.25, -0.2) is 8.42 Å². The number of anilines is 1. The molecule has 0 bridgehead atoms. The summed E-state index contributed by atoms with van der Waals surface area (Å²) in [5.41, 5.74) is 1.40. The van der Waals surface area contributed by atoms with Crippen molar-refractivity contribution >= 4 is 31.6 Å². The fraction of sp³-hybridized carbons (Fsp3) is 0.308. The van der Waals surface area contributed by atoms with E-state index in [0.717, 1.165) is 5.56 Å². The molecule has 0 aliphatic carbocycles. The average Bonchev–Trinajstić information content (AvgIpc) is 2.82. The zero-order valence-corrected chi connectivity index (χ0v) is 14.1. The van der Waals surface area contributed by atoms with E-state index in [1.165, 1.54) is 6.20 Å². The first kappa shape index (κ1) is 16.0. The smallest absolute Gasteiger partial charge is 0.263 e. The number of nitrogens with zero attached hydrogens (tertiary/aromatic N) is 2. The quantitative estimate of drug-likeness (QED) is 0.843. The van der Waals surface area contributed by atoms with Gasteiger partial charge in [-0.15, -0.1) is 0 Å². The van der Waals surface area contributed by atoms with Crippen LogP contribution in [0.2, 0.25) is 0 Å². The van der Waals surface area contributed by atoms with Gasteiger partial charge in [-0.2, -0.15) is 5.10 Å². The van der Waals surface area contributed by atoms with Crippen molar-refractivity contribution in [2.45, 2.75) is 18.4 Å². The normalized spacial score (nSPS) is 11.6. The van der Waals surface area contributed by atoms with Gasteiger partial charge >= 0.3 is 0 Å². The molecule has 2 aromatic rings. The molecule has 2 rings (SSSR count). The standard InChI is InChI=1S/C13H16BrN3O3S/c1-10-3-4-13(12(14)7-10)21(18,19)16-11-8-15-17(9-11)5-6-20-2/h3-4,7-9,16H,5-6H2,1-2H3. The Morgan fingerprint density at radius 3 is 2.86 bits per heavy atom. The SMILES string of the molecule is COCCn1cc(NS(=O)(=O)c2ccc(C)cc2Br)cn1. The van der Waals surface area contributed by atoms with Gasteiger partial charge < -0.3 is 4.74 Å². The number of rotatable bonds is 6. The van der Waals surface area contributed by atoms with Crippen molar-refractivity contribution < 1.29 is 13.2 Å². The number of hydrogen-bond acceptors (Lipinski definition) is 4. The Hall–Kier alpha value is -1.38. The summed E-state index contributed by atoms with van der Waals surface area (Å²) >= 11 is 3.28. The second-order valence-electron chi connectivity index (χ2n) is 4.52. The summed E-state index contributed by atoms with van der Waals surface area (Å²) in [6, 6.07) is 5.08. The molecule has 114 valence electrons. The molecule has 0 fully saturated rings. The topological polar surface area (TPSA) is 73.2 Å². The molecule has 0 unspecified atom stereocenters. The van der Waals surface area contributed by atoms with Gasteiger partial charge in [0, 0.05) is 17.8 Å². The minimum atomic E-state index is -3.65. The molecule has 21 heavy (non-hydrogen) atoms. The van der Waals surface area contributed by atoms with E-state index < -0.39 is 10.0 Å². The Morgan fingerprint density at radius 2 is 2.19 bits per heavy atom. The van der Waals surface area contributed by atoms with Crippen molar-refractivity contribution in [2.75, 3.05) is 18.4 Å². The minimum Gasteiger partial charge on any atom is -0.383 e. The Balaban J connectivity index is 2.19. The third-order valence-corrected chi connectivity index (χ3v) is 5.14. The predicted octanol–water partition coefficient (Wildman–Crippen LogP) is 2.40. The van der Waals surface area contributed by atoms with Gasteiger partial charge in [0.2, 0.25) is 0 Å². The van der Waals surface area contributed by atoms with Gasteiger partial charge in [-0.3, -0.25) is 9.40 Å². The number of aromatic nitrogens is 2. The van der Waals surface area contributed by atoms with Crippen molar-refractivity contribution in [2.24, 2.45) is 0 Å².